The molecule has 3 N–H and O–H groups in total. The van der Waals surface area contributed by atoms with E-state index in [1.54, 1.807) is 12.3 Å². The van der Waals surface area contributed by atoms with Crippen molar-refractivity contribution in [3.8, 4) is 11.3 Å². The Morgan fingerprint density at radius 3 is 2.87 bits per heavy atom. The van der Waals surface area contributed by atoms with Crippen LogP contribution in [0.1, 0.15) is 17.1 Å². The summed E-state index contributed by atoms with van der Waals surface area (Å²) in [5.74, 6) is 0.914. The SMILES string of the molecule is Cc1cnc(N)c2c(-c3ccc4c(c3F)CCN4)nc(C)n12.Cl. The standard InChI is InChI=1S/C16H16FN5.ClH/c1-8-7-20-16(18)15-14(21-9(2)22(8)15)11-3-4-12-10(13(11)17)5-6-19-12;/h3-4,7,19H,5-6H2,1-2H3,(H2,18,20);1H. The summed E-state index contributed by atoms with van der Waals surface area (Å²) in [4.78, 5) is 8.74. The summed E-state index contributed by atoms with van der Waals surface area (Å²) >= 11 is 0. The van der Waals surface area contributed by atoms with Crippen LogP contribution in [0.3, 0.4) is 0 Å². The highest BCUT2D eigenvalue weighted by Gasteiger charge is 2.23. The predicted octanol–water partition coefficient (Wildman–Crippen LogP) is 3.12. The van der Waals surface area contributed by atoms with Crippen molar-refractivity contribution in [1.29, 1.82) is 0 Å². The van der Waals surface area contributed by atoms with Gasteiger partial charge in [0.1, 0.15) is 28.7 Å². The highest BCUT2D eigenvalue weighted by molar-refractivity contribution is 5.87. The quantitative estimate of drug-likeness (QED) is 0.718. The molecule has 5 nitrogen and oxygen atoms in total. The number of aryl methyl sites for hydroxylation is 2. The molecule has 0 fully saturated rings. The molecule has 0 bridgehead atoms. The molecule has 7 heteroatoms. The molecule has 0 unspecified atom stereocenters. The fraction of sp³-hybridized carbons (Fsp3) is 0.250. The van der Waals surface area contributed by atoms with Gasteiger partial charge in [-0.2, -0.15) is 0 Å². The number of anilines is 2. The van der Waals surface area contributed by atoms with E-state index in [1.807, 2.05) is 24.3 Å². The molecule has 3 heterocycles. The van der Waals surface area contributed by atoms with Crippen LogP contribution in [0.15, 0.2) is 18.3 Å². The van der Waals surface area contributed by atoms with Crippen molar-refractivity contribution in [1.82, 2.24) is 14.4 Å². The van der Waals surface area contributed by atoms with Crippen molar-refractivity contribution >= 4 is 29.4 Å². The molecule has 0 saturated carbocycles. The van der Waals surface area contributed by atoms with E-state index in [2.05, 4.69) is 15.3 Å². The largest absolute Gasteiger partial charge is 0.384 e. The number of nitrogens with two attached hydrogens (primary N) is 1. The number of benzene rings is 1. The smallest absolute Gasteiger partial charge is 0.150 e. The number of fused-ring (bicyclic) bond motifs is 2. The fourth-order valence-corrected chi connectivity index (χ4v) is 3.21. The van der Waals surface area contributed by atoms with E-state index in [-0.39, 0.29) is 18.2 Å². The Morgan fingerprint density at radius 2 is 2.09 bits per heavy atom. The Bertz CT molecular complexity index is 919. The van der Waals surface area contributed by atoms with E-state index < -0.39 is 0 Å². The highest BCUT2D eigenvalue weighted by Crippen LogP contribution is 2.35. The Hall–Kier alpha value is -2.34. The summed E-state index contributed by atoms with van der Waals surface area (Å²) in [6.45, 7) is 4.58. The lowest BCUT2D eigenvalue weighted by molar-refractivity contribution is 0.618. The van der Waals surface area contributed by atoms with Crippen LogP contribution < -0.4 is 11.1 Å². The predicted molar refractivity (Wildman–Crippen MR) is 91.7 cm³/mol. The van der Waals surface area contributed by atoms with Gasteiger partial charge in [0.2, 0.25) is 0 Å². The molecular weight excluding hydrogens is 317 g/mol. The van der Waals surface area contributed by atoms with Crippen LogP contribution in [0, 0.1) is 19.7 Å². The highest BCUT2D eigenvalue weighted by atomic mass is 35.5. The van der Waals surface area contributed by atoms with Gasteiger partial charge < -0.3 is 11.1 Å². The molecule has 4 rings (SSSR count). The molecule has 120 valence electrons. The number of hydrogen-bond acceptors (Lipinski definition) is 4. The molecule has 1 aliphatic heterocycles. The van der Waals surface area contributed by atoms with Gasteiger partial charge in [0, 0.05) is 35.2 Å². The van der Waals surface area contributed by atoms with Crippen LogP contribution in [0.5, 0.6) is 0 Å². The zero-order valence-corrected chi connectivity index (χ0v) is 13.7. The molecule has 1 aliphatic rings. The minimum Gasteiger partial charge on any atom is -0.384 e. The number of aromatic nitrogens is 3. The number of imidazole rings is 1. The van der Waals surface area contributed by atoms with Crippen molar-refractivity contribution in [2.45, 2.75) is 20.3 Å². The molecule has 0 amide bonds. The van der Waals surface area contributed by atoms with Crippen LogP contribution in [0.25, 0.3) is 16.8 Å². The Labute approximate surface area is 139 Å². The van der Waals surface area contributed by atoms with E-state index >= 15 is 0 Å². The maximum absolute atomic E-state index is 14.9. The molecular formula is C16H17ClFN5. The first kappa shape index (κ1) is 15.6. The molecule has 0 atom stereocenters. The van der Waals surface area contributed by atoms with Gasteiger partial charge in [-0.3, -0.25) is 4.40 Å². The first-order valence-corrected chi connectivity index (χ1v) is 7.23. The number of nitrogens with one attached hydrogen (secondary N) is 1. The van der Waals surface area contributed by atoms with Gasteiger partial charge in [-0.15, -0.1) is 12.4 Å². The minimum atomic E-state index is -0.219. The van der Waals surface area contributed by atoms with Crippen molar-refractivity contribution < 1.29 is 4.39 Å². The van der Waals surface area contributed by atoms with E-state index in [1.165, 1.54) is 0 Å². The van der Waals surface area contributed by atoms with Gasteiger partial charge in [-0.25, -0.2) is 14.4 Å². The maximum Gasteiger partial charge on any atom is 0.150 e. The number of halogens is 2. The summed E-state index contributed by atoms with van der Waals surface area (Å²) < 4.78 is 16.8. The van der Waals surface area contributed by atoms with Crippen LogP contribution >= 0.6 is 12.4 Å². The molecule has 0 aliphatic carbocycles. The van der Waals surface area contributed by atoms with E-state index in [0.29, 0.717) is 29.0 Å². The van der Waals surface area contributed by atoms with Gasteiger partial charge in [0.15, 0.2) is 0 Å². The zero-order chi connectivity index (χ0) is 15.4. The normalized spacial score (nSPS) is 12.8. The fourth-order valence-electron chi connectivity index (χ4n) is 3.21. The van der Waals surface area contributed by atoms with Crippen LogP contribution in [0.2, 0.25) is 0 Å². The summed E-state index contributed by atoms with van der Waals surface area (Å²) in [5, 5.41) is 3.18. The monoisotopic (exact) mass is 333 g/mol. The first-order valence-electron chi connectivity index (χ1n) is 7.23. The van der Waals surface area contributed by atoms with Gasteiger partial charge in [-0.1, -0.05) is 0 Å². The number of rotatable bonds is 1. The van der Waals surface area contributed by atoms with Crippen molar-refractivity contribution in [2.75, 3.05) is 17.6 Å². The van der Waals surface area contributed by atoms with Gasteiger partial charge in [0.25, 0.3) is 0 Å². The molecule has 3 aromatic rings. The van der Waals surface area contributed by atoms with Crippen LogP contribution in [-0.4, -0.2) is 20.9 Å². The van der Waals surface area contributed by atoms with Crippen LogP contribution in [-0.2, 0) is 6.42 Å². The molecule has 2 aromatic heterocycles. The summed E-state index contributed by atoms with van der Waals surface area (Å²) in [5.41, 5.74) is 10.2. The third-order valence-corrected chi connectivity index (χ3v) is 4.22. The lowest BCUT2D eigenvalue weighted by atomic mass is 10.0. The maximum atomic E-state index is 14.9. The number of nitrogens with zero attached hydrogens (tertiary/aromatic N) is 3. The van der Waals surface area contributed by atoms with Crippen LogP contribution in [0.4, 0.5) is 15.9 Å². The minimum absolute atomic E-state index is 0. The second-order valence-corrected chi connectivity index (χ2v) is 5.61. The average molecular weight is 334 g/mol. The van der Waals surface area contributed by atoms with Gasteiger partial charge >= 0.3 is 0 Å². The topological polar surface area (TPSA) is 68.2 Å². The van der Waals surface area contributed by atoms with E-state index in [0.717, 1.165) is 29.3 Å². The third-order valence-electron chi connectivity index (χ3n) is 4.22. The Balaban J connectivity index is 0.00000156. The second-order valence-electron chi connectivity index (χ2n) is 5.61. The van der Waals surface area contributed by atoms with Gasteiger partial charge in [0.05, 0.1) is 0 Å². The van der Waals surface area contributed by atoms with Crippen molar-refractivity contribution in [3.63, 3.8) is 0 Å². The zero-order valence-electron chi connectivity index (χ0n) is 12.9. The molecule has 0 radical (unpaired) electrons. The average Bonchev–Trinajstić information content (AvgIpc) is 3.09. The Kier molecular flexibility index (Phi) is 3.64. The van der Waals surface area contributed by atoms with Crippen molar-refractivity contribution in [2.24, 2.45) is 0 Å². The Morgan fingerprint density at radius 1 is 1.30 bits per heavy atom. The summed E-state index contributed by atoms with van der Waals surface area (Å²) in [6, 6.07) is 3.66. The first-order chi connectivity index (χ1) is 10.6. The summed E-state index contributed by atoms with van der Waals surface area (Å²) in [6.07, 6.45) is 2.39. The third kappa shape index (κ3) is 2.13. The summed E-state index contributed by atoms with van der Waals surface area (Å²) in [7, 11) is 0. The molecule has 0 spiro atoms. The number of nitrogen functional groups attached to an aromatic ring is 1. The molecule has 23 heavy (non-hydrogen) atoms. The lowest BCUT2D eigenvalue weighted by Gasteiger charge is -2.08. The molecule has 1 aromatic carbocycles. The lowest BCUT2D eigenvalue weighted by Crippen LogP contribution is -2.01. The number of hydrogen-bond donors (Lipinski definition) is 2. The van der Waals surface area contributed by atoms with E-state index in [4.69, 9.17) is 5.73 Å². The van der Waals surface area contributed by atoms with E-state index in [9.17, 15) is 4.39 Å². The van der Waals surface area contributed by atoms with Gasteiger partial charge in [-0.05, 0) is 32.4 Å². The van der Waals surface area contributed by atoms with Crippen molar-refractivity contribution in [3.05, 3.63) is 41.2 Å². The second kappa shape index (κ2) is 5.38. The molecule has 0 saturated heterocycles.